The Morgan fingerprint density at radius 1 is 1.09 bits per heavy atom. The second-order valence-electron chi connectivity index (χ2n) is 7.56. The third-order valence-electron chi connectivity index (χ3n) is 5.33. The van der Waals surface area contributed by atoms with Crippen LogP contribution in [0.1, 0.15) is 26.8 Å². The van der Waals surface area contributed by atoms with Gasteiger partial charge in [0.15, 0.2) is 0 Å². The first-order chi connectivity index (χ1) is 15.5. The molecule has 5 aromatic rings. The van der Waals surface area contributed by atoms with Crippen LogP contribution in [0, 0.1) is 19.7 Å². The number of halogens is 1. The second kappa shape index (κ2) is 8.05. The molecule has 2 aromatic carbocycles. The van der Waals surface area contributed by atoms with Crippen molar-refractivity contribution >= 4 is 33.1 Å². The van der Waals surface area contributed by atoms with Crippen LogP contribution in [-0.2, 0) is 6.54 Å². The number of amides is 1. The fourth-order valence-electron chi connectivity index (χ4n) is 3.57. The number of carbonyl (C=O) groups is 1. The molecular weight excluding hydrogens is 425 g/mol. The van der Waals surface area contributed by atoms with Crippen LogP contribution >= 0.6 is 11.3 Å². The van der Waals surface area contributed by atoms with Gasteiger partial charge in [0, 0.05) is 30.0 Å². The minimum atomic E-state index is -0.300. The monoisotopic (exact) mass is 445 g/mol. The summed E-state index contributed by atoms with van der Waals surface area (Å²) in [5, 5.41) is 8.43. The van der Waals surface area contributed by atoms with Crippen molar-refractivity contribution < 1.29 is 9.18 Å². The molecule has 5 rings (SSSR count). The van der Waals surface area contributed by atoms with Gasteiger partial charge in [-0.3, -0.25) is 4.79 Å². The van der Waals surface area contributed by atoms with E-state index in [1.54, 1.807) is 23.0 Å². The molecule has 0 bridgehead atoms. The van der Waals surface area contributed by atoms with E-state index in [-0.39, 0.29) is 11.7 Å². The summed E-state index contributed by atoms with van der Waals surface area (Å²) in [6.07, 6.45) is 3.73. The second-order valence-corrected chi connectivity index (χ2v) is 8.59. The molecule has 1 N–H and O–H groups in total. The highest BCUT2D eigenvalue weighted by Gasteiger charge is 2.17. The number of aromatic nitrogens is 4. The maximum Gasteiger partial charge on any atom is 0.265 e. The summed E-state index contributed by atoms with van der Waals surface area (Å²) in [6, 6.07) is 15.8. The maximum absolute atomic E-state index is 13.3. The van der Waals surface area contributed by atoms with E-state index in [4.69, 9.17) is 0 Å². The van der Waals surface area contributed by atoms with E-state index in [1.807, 2.05) is 50.4 Å². The van der Waals surface area contributed by atoms with Crippen LogP contribution in [0.15, 0.2) is 67.0 Å². The molecule has 3 heterocycles. The predicted molar refractivity (Wildman–Crippen MR) is 124 cm³/mol. The number of thiophene rings is 1. The summed E-state index contributed by atoms with van der Waals surface area (Å²) in [4.78, 5) is 18.6. The highest BCUT2D eigenvalue weighted by Crippen LogP contribution is 2.31. The Hall–Kier alpha value is -3.78. The van der Waals surface area contributed by atoms with Gasteiger partial charge in [0.25, 0.3) is 5.91 Å². The summed E-state index contributed by atoms with van der Waals surface area (Å²) in [7, 11) is 0. The Balaban J connectivity index is 1.35. The van der Waals surface area contributed by atoms with E-state index in [9.17, 15) is 9.18 Å². The van der Waals surface area contributed by atoms with Crippen molar-refractivity contribution in [2.45, 2.75) is 20.4 Å². The van der Waals surface area contributed by atoms with E-state index in [2.05, 4.69) is 20.0 Å². The lowest BCUT2D eigenvalue weighted by Gasteiger charge is -2.07. The third kappa shape index (κ3) is 3.80. The molecule has 8 heteroatoms. The highest BCUT2D eigenvalue weighted by molar-refractivity contribution is 7.20. The Labute approximate surface area is 188 Å². The number of hydrogen-bond donors (Lipinski definition) is 1. The fourth-order valence-corrected chi connectivity index (χ4v) is 4.65. The molecular formula is C24H20FN5OS. The highest BCUT2D eigenvalue weighted by atomic mass is 32.1. The molecule has 0 saturated carbocycles. The molecule has 0 aliphatic rings. The van der Waals surface area contributed by atoms with E-state index >= 15 is 0 Å². The van der Waals surface area contributed by atoms with Crippen LogP contribution in [-0.4, -0.2) is 25.2 Å². The van der Waals surface area contributed by atoms with E-state index in [0.29, 0.717) is 4.88 Å². The lowest BCUT2D eigenvalue weighted by Crippen LogP contribution is -2.10. The minimum Gasteiger partial charge on any atom is -0.331 e. The van der Waals surface area contributed by atoms with Crippen molar-refractivity contribution in [3.8, 4) is 5.69 Å². The van der Waals surface area contributed by atoms with Crippen LogP contribution in [0.2, 0.25) is 0 Å². The smallest absolute Gasteiger partial charge is 0.265 e. The van der Waals surface area contributed by atoms with Gasteiger partial charge >= 0.3 is 0 Å². The predicted octanol–water partition coefficient (Wildman–Crippen LogP) is 5.34. The van der Waals surface area contributed by atoms with Gasteiger partial charge < -0.3 is 9.88 Å². The first kappa shape index (κ1) is 20.1. The number of fused-ring (bicyclic) bond motifs is 1. The zero-order valence-electron chi connectivity index (χ0n) is 17.5. The summed E-state index contributed by atoms with van der Waals surface area (Å²) >= 11 is 1.36. The number of aryl methyl sites for hydroxylation is 2. The molecule has 0 fully saturated rings. The van der Waals surface area contributed by atoms with Crippen molar-refractivity contribution in [1.29, 1.82) is 0 Å². The van der Waals surface area contributed by atoms with Crippen LogP contribution in [0.3, 0.4) is 0 Å². The number of anilines is 1. The average Bonchev–Trinajstić information content (AvgIpc) is 3.47. The number of benzene rings is 2. The number of imidazole rings is 1. The number of nitrogens with zero attached hydrogens (tertiary/aromatic N) is 4. The Morgan fingerprint density at radius 2 is 1.84 bits per heavy atom. The van der Waals surface area contributed by atoms with Crippen LogP contribution in [0.5, 0.6) is 0 Å². The van der Waals surface area contributed by atoms with Gasteiger partial charge in [0.2, 0.25) is 0 Å². The van der Waals surface area contributed by atoms with E-state index in [1.165, 1.54) is 23.5 Å². The normalized spacial score (nSPS) is 11.2. The van der Waals surface area contributed by atoms with Gasteiger partial charge in [-0.05, 0) is 61.9 Å². The van der Waals surface area contributed by atoms with Gasteiger partial charge in [-0.1, -0.05) is 12.1 Å². The zero-order chi connectivity index (χ0) is 22.2. The summed E-state index contributed by atoms with van der Waals surface area (Å²) in [5.74, 6) is 0.488. The van der Waals surface area contributed by atoms with Gasteiger partial charge in [0.05, 0.1) is 16.3 Å². The molecule has 32 heavy (non-hydrogen) atoms. The fraction of sp³-hybridized carbons (Fsp3) is 0.125. The first-order valence-electron chi connectivity index (χ1n) is 10.1. The topological polar surface area (TPSA) is 64.7 Å². The van der Waals surface area contributed by atoms with Gasteiger partial charge in [-0.15, -0.1) is 11.3 Å². The van der Waals surface area contributed by atoms with Gasteiger partial charge in [-0.2, -0.15) is 5.10 Å². The molecule has 0 atom stereocenters. The summed E-state index contributed by atoms with van der Waals surface area (Å²) < 4.78 is 17.1. The van der Waals surface area contributed by atoms with Gasteiger partial charge in [0.1, 0.15) is 16.5 Å². The Morgan fingerprint density at radius 3 is 2.53 bits per heavy atom. The summed E-state index contributed by atoms with van der Waals surface area (Å²) in [6.45, 7) is 4.60. The maximum atomic E-state index is 13.3. The standard InChI is InChI=1S/C24H20FN5OS/c1-15-21-13-22(32-24(21)30(28-15)20-9-5-18(25)6-10-20)23(31)27-19-7-3-17(4-8-19)14-29-12-11-26-16(29)2/h3-13H,14H2,1-2H3,(H,27,31). The van der Waals surface area contributed by atoms with E-state index in [0.717, 1.165) is 45.2 Å². The lowest BCUT2D eigenvalue weighted by atomic mass is 10.2. The Bertz CT molecular complexity index is 1410. The number of carbonyl (C=O) groups excluding carboxylic acids is 1. The zero-order valence-corrected chi connectivity index (χ0v) is 18.4. The molecule has 3 aromatic heterocycles. The molecule has 0 aliphatic carbocycles. The number of rotatable bonds is 5. The molecule has 0 spiro atoms. The molecule has 1 amide bonds. The third-order valence-corrected chi connectivity index (χ3v) is 6.44. The van der Waals surface area contributed by atoms with Crippen LogP contribution in [0.4, 0.5) is 10.1 Å². The van der Waals surface area contributed by atoms with Crippen LogP contribution in [0.25, 0.3) is 15.9 Å². The largest absolute Gasteiger partial charge is 0.331 e. The van der Waals surface area contributed by atoms with Crippen molar-refractivity contribution in [2.75, 3.05) is 5.32 Å². The first-order valence-corrected chi connectivity index (χ1v) is 10.9. The molecule has 0 radical (unpaired) electrons. The van der Waals surface area contributed by atoms with Crippen molar-refractivity contribution in [3.05, 3.63) is 94.8 Å². The molecule has 6 nitrogen and oxygen atoms in total. The van der Waals surface area contributed by atoms with Gasteiger partial charge in [-0.25, -0.2) is 14.1 Å². The molecule has 160 valence electrons. The lowest BCUT2D eigenvalue weighted by molar-refractivity contribution is 0.103. The van der Waals surface area contributed by atoms with E-state index < -0.39 is 0 Å². The number of hydrogen-bond acceptors (Lipinski definition) is 4. The molecule has 0 saturated heterocycles. The van der Waals surface area contributed by atoms with Crippen molar-refractivity contribution in [3.63, 3.8) is 0 Å². The number of nitrogens with one attached hydrogen (secondary N) is 1. The average molecular weight is 446 g/mol. The van der Waals surface area contributed by atoms with Crippen molar-refractivity contribution in [2.24, 2.45) is 0 Å². The summed E-state index contributed by atoms with van der Waals surface area (Å²) in [5.41, 5.74) is 3.43. The minimum absolute atomic E-state index is 0.172. The molecule has 0 unspecified atom stereocenters. The Kier molecular flexibility index (Phi) is 5.07. The quantitative estimate of drug-likeness (QED) is 0.397. The molecule has 0 aliphatic heterocycles. The van der Waals surface area contributed by atoms with Crippen molar-refractivity contribution in [1.82, 2.24) is 19.3 Å². The van der Waals surface area contributed by atoms with Crippen LogP contribution < -0.4 is 5.32 Å². The SMILES string of the molecule is Cc1nn(-c2ccc(F)cc2)c2sc(C(=O)Nc3ccc(Cn4ccnc4C)cc3)cc12.